The molecule has 0 bridgehead atoms. The Morgan fingerprint density at radius 3 is 2.31 bits per heavy atom. The molecule has 4 nitrogen and oxygen atoms in total. The van der Waals surface area contributed by atoms with Crippen LogP contribution in [0.3, 0.4) is 0 Å². The third kappa shape index (κ3) is 3.71. The van der Waals surface area contributed by atoms with Crippen LogP contribution in [0.1, 0.15) is 37.7 Å². The molecular formula is C21H29BrN2O2. The molecule has 0 unspecified atom stereocenters. The van der Waals surface area contributed by atoms with E-state index >= 15 is 0 Å². The van der Waals surface area contributed by atoms with Gasteiger partial charge >= 0.3 is 0 Å². The fraction of sp³-hybridized carbons (Fsp3) is 0.667. The van der Waals surface area contributed by atoms with E-state index in [-0.39, 0.29) is 5.41 Å². The van der Waals surface area contributed by atoms with Crippen LogP contribution in [0.4, 0.5) is 0 Å². The summed E-state index contributed by atoms with van der Waals surface area (Å²) >= 11 is 3.51. The molecule has 2 aliphatic heterocycles. The molecule has 2 saturated heterocycles. The van der Waals surface area contributed by atoms with E-state index in [2.05, 4.69) is 50.0 Å². The van der Waals surface area contributed by atoms with Crippen LogP contribution in [-0.2, 0) is 14.9 Å². The van der Waals surface area contributed by atoms with E-state index in [1.165, 1.54) is 12.1 Å². The molecule has 0 N–H and O–H groups in total. The van der Waals surface area contributed by atoms with Crippen LogP contribution in [0.5, 0.6) is 0 Å². The van der Waals surface area contributed by atoms with Crippen LogP contribution in [0.2, 0.25) is 0 Å². The number of carbonyl (C=O) groups is 1. The maximum atomic E-state index is 13.4. The average molecular weight is 421 g/mol. The van der Waals surface area contributed by atoms with E-state index in [9.17, 15) is 4.79 Å². The number of hydrogen-bond acceptors (Lipinski definition) is 3. The summed E-state index contributed by atoms with van der Waals surface area (Å²) in [4.78, 5) is 18.1. The second-order valence-electron chi connectivity index (χ2n) is 8.09. The van der Waals surface area contributed by atoms with Crippen LogP contribution < -0.4 is 0 Å². The summed E-state index contributed by atoms with van der Waals surface area (Å²) in [6.07, 6.45) is 5.44. The van der Waals surface area contributed by atoms with Crippen molar-refractivity contribution in [2.24, 2.45) is 5.92 Å². The SMILES string of the molecule is O=C(N1CCC(CN2CCOCC2)CC1)C1(c2ccc(Br)cc2)CCC1. The molecule has 0 radical (unpaired) electrons. The number of likely N-dealkylation sites (tertiary alicyclic amines) is 1. The summed E-state index contributed by atoms with van der Waals surface area (Å²) in [7, 11) is 0. The summed E-state index contributed by atoms with van der Waals surface area (Å²) in [6, 6.07) is 8.40. The Kier molecular flexibility index (Phi) is 5.67. The summed E-state index contributed by atoms with van der Waals surface area (Å²) < 4.78 is 6.52. The molecule has 1 aliphatic carbocycles. The van der Waals surface area contributed by atoms with Crippen LogP contribution in [0.25, 0.3) is 0 Å². The minimum atomic E-state index is -0.252. The summed E-state index contributed by atoms with van der Waals surface area (Å²) in [5, 5.41) is 0. The highest BCUT2D eigenvalue weighted by Crippen LogP contribution is 2.46. The smallest absolute Gasteiger partial charge is 0.233 e. The standard InChI is InChI=1S/C21H29BrN2O2/c22-19-4-2-18(3-5-19)21(8-1-9-21)20(25)24-10-6-17(7-11-24)16-23-12-14-26-15-13-23/h2-5,17H,1,6-16H2. The van der Waals surface area contributed by atoms with Crippen LogP contribution in [0, 0.1) is 5.92 Å². The van der Waals surface area contributed by atoms with Gasteiger partial charge in [-0.3, -0.25) is 9.69 Å². The number of amides is 1. The van der Waals surface area contributed by atoms with Crippen molar-refractivity contribution in [1.29, 1.82) is 0 Å². The fourth-order valence-corrected chi connectivity index (χ4v) is 4.96. The Balaban J connectivity index is 1.36. The summed E-state index contributed by atoms with van der Waals surface area (Å²) in [5.74, 6) is 1.10. The molecule has 1 amide bonds. The van der Waals surface area contributed by atoms with Gasteiger partial charge in [-0.1, -0.05) is 34.5 Å². The van der Waals surface area contributed by atoms with Crippen LogP contribution >= 0.6 is 15.9 Å². The normalized spacial score (nSPS) is 24.3. The predicted octanol–water partition coefficient (Wildman–Crippen LogP) is 3.44. The zero-order valence-electron chi connectivity index (χ0n) is 15.5. The van der Waals surface area contributed by atoms with Crippen molar-refractivity contribution in [3.63, 3.8) is 0 Å². The Bertz CT molecular complexity index is 615. The molecule has 0 spiro atoms. The lowest BCUT2D eigenvalue weighted by molar-refractivity contribution is -0.142. The second-order valence-corrected chi connectivity index (χ2v) is 9.01. The number of rotatable bonds is 4. The maximum absolute atomic E-state index is 13.4. The zero-order chi connectivity index (χ0) is 18.0. The van der Waals surface area contributed by atoms with Gasteiger partial charge in [0.1, 0.15) is 0 Å². The highest BCUT2D eigenvalue weighted by molar-refractivity contribution is 9.10. The number of hydrogen-bond donors (Lipinski definition) is 0. The highest BCUT2D eigenvalue weighted by Gasteiger charge is 2.48. The number of benzene rings is 1. The van der Waals surface area contributed by atoms with E-state index in [1.807, 2.05) is 0 Å². The third-order valence-corrected chi connectivity index (χ3v) is 7.06. The fourth-order valence-electron chi connectivity index (χ4n) is 4.70. The Morgan fingerprint density at radius 1 is 1.08 bits per heavy atom. The Labute approximate surface area is 165 Å². The Hall–Kier alpha value is -0.910. The van der Waals surface area contributed by atoms with Gasteiger partial charge in [-0.2, -0.15) is 0 Å². The molecule has 3 fully saturated rings. The highest BCUT2D eigenvalue weighted by atomic mass is 79.9. The number of ether oxygens (including phenoxy) is 1. The van der Waals surface area contributed by atoms with Gasteiger partial charge in [0.2, 0.25) is 5.91 Å². The van der Waals surface area contributed by atoms with Gasteiger partial charge in [-0.25, -0.2) is 0 Å². The van der Waals surface area contributed by atoms with E-state index in [0.717, 1.165) is 81.9 Å². The molecule has 1 aromatic carbocycles. The van der Waals surface area contributed by atoms with Crippen molar-refractivity contribution < 1.29 is 9.53 Å². The number of halogens is 1. The summed E-state index contributed by atoms with van der Waals surface area (Å²) in [6.45, 7) is 6.87. The van der Waals surface area contributed by atoms with Crippen molar-refractivity contribution in [1.82, 2.24) is 9.80 Å². The van der Waals surface area contributed by atoms with Gasteiger partial charge in [-0.05, 0) is 49.3 Å². The molecular weight excluding hydrogens is 392 g/mol. The van der Waals surface area contributed by atoms with Gasteiger partial charge in [0.25, 0.3) is 0 Å². The number of carbonyl (C=O) groups excluding carboxylic acids is 1. The molecule has 5 heteroatoms. The van der Waals surface area contributed by atoms with Gasteiger partial charge in [0.15, 0.2) is 0 Å². The van der Waals surface area contributed by atoms with E-state index in [0.29, 0.717) is 5.91 Å². The summed E-state index contributed by atoms with van der Waals surface area (Å²) in [5.41, 5.74) is 0.949. The molecule has 26 heavy (non-hydrogen) atoms. The third-order valence-electron chi connectivity index (χ3n) is 6.54. The quantitative estimate of drug-likeness (QED) is 0.747. The van der Waals surface area contributed by atoms with Gasteiger partial charge < -0.3 is 9.64 Å². The second kappa shape index (κ2) is 7.99. The molecule has 2 heterocycles. The molecule has 142 valence electrons. The molecule has 1 saturated carbocycles. The minimum absolute atomic E-state index is 0.252. The lowest BCUT2D eigenvalue weighted by atomic mass is 9.63. The molecule has 0 aromatic heterocycles. The Morgan fingerprint density at radius 2 is 1.73 bits per heavy atom. The topological polar surface area (TPSA) is 32.8 Å². The van der Waals surface area contributed by atoms with Crippen LogP contribution in [0.15, 0.2) is 28.7 Å². The first kappa shape index (κ1) is 18.5. The number of nitrogens with zero attached hydrogens (tertiary/aromatic N) is 2. The molecule has 1 aromatic rings. The molecule has 0 atom stereocenters. The van der Waals surface area contributed by atoms with Crippen molar-refractivity contribution in [2.45, 2.75) is 37.5 Å². The van der Waals surface area contributed by atoms with Crippen molar-refractivity contribution >= 4 is 21.8 Å². The van der Waals surface area contributed by atoms with Crippen molar-refractivity contribution in [2.75, 3.05) is 45.9 Å². The van der Waals surface area contributed by atoms with E-state index in [1.54, 1.807) is 0 Å². The van der Waals surface area contributed by atoms with Gasteiger partial charge in [0.05, 0.1) is 18.6 Å². The first-order chi connectivity index (χ1) is 12.7. The lowest BCUT2D eigenvalue weighted by Crippen LogP contribution is -2.53. The molecule has 4 rings (SSSR count). The molecule has 3 aliphatic rings. The van der Waals surface area contributed by atoms with Gasteiger partial charge in [0, 0.05) is 37.2 Å². The zero-order valence-corrected chi connectivity index (χ0v) is 17.0. The first-order valence-corrected chi connectivity index (χ1v) is 10.8. The van der Waals surface area contributed by atoms with Crippen molar-refractivity contribution in [3.8, 4) is 0 Å². The monoisotopic (exact) mass is 420 g/mol. The van der Waals surface area contributed by atoms with Crippen LogP contribution in [-0.4, -0.2) is 61.6 Å². The largest absolute Gasteiger partial charge is 0.379 e. The lowest BCUT2D eigenvalue weighted by Gasteiger charge is -2.46. The van der Waals surface area contributed by atoms with E-state index < -0.39 is 0 Å². The predicted molar refractivity (Wildman–Crippen MR) is 106 cm³/mol. The van der Waals surface area contributed by atoms with E-state index in [4.69, 9.17) is 4.74 Å². The van der Waals surface area contributed by atoms with Crippen molar-refractivity contribution in [3.05, 3.63) is 34.3 Å². The number of morpholine rings is 1. The van der Waals surface area contributed by atoms with Gasteiger partial charge in [-0.15, -0.1) is 0 Å². The maximum Gasteiger partial charge on any atom is 0.233 e. The number of piperidine rings is 1. The average Bonchev–Trinajstić information content (AvgIpc) is 2.64. The first-order valence-electron chi connectivity index (χ1n) is 10.0. The minimum Gasteiger partial charge on any atom is -0.379 e.